The number of hydrogen-bond acceptors (Lipinski definition) is 6. The molecule has 5 nitrogen and oxygen atoms in total. The van der Waals surface area contributed by atoms with E-state index >= 15 is 0 Å². The van der Waals surface area contributed by atoms with Crippen molar-refractivity contribution >= 4 is 34.5 Å². The van der Waals surface area contributed by atoms with Gasteiger partial charge in [-0.3, -0.25) is 9.59 Å². The first kappa shape index (κ1) is 15.4. The van der Waals surface area contributed by atoms with Gasteiger partial charge in [0.15, 0.2) is 5.92 Å². The molecule has 0 N–H and O–H groups in total. The molecule has 3 rings (SSSR count). The summed E-state index contributed by atoms with van der Waals surface area (Å²) in [6, 6.07) is 11.8. The largest absolute Gasteiger partial charge is 0.422 e. The van der Waals surface area contributed by atoms with Crippen LogP contribution in [0.5, 0.6) is 0 Å². The van der Waals surface area contributed by atoms with Crippen molar-refractivity contribution in [2.24, 2.45) is 10.9 Å². The standard InChI is InChI=1S/C17H15NO4S/c1-17(2)21-15(19)13(16(20)22-17)9-18-14-8-12(10-23-14)11-6-4-3-5-7-11/h3-10,13H,1-2H3. The van der Waals surface area contributed by atoms with Gasteiger partial charge in [0, 0.05) is 25.4 Å². The fourth-order valence-corrected chi connectivity index (χ4v) is 2.94. The third-order valence-electron chi connectivity index (χ3n) is 3.24. The van der Waals surface area contributed by atoms with Gasteiger partial charge in [0.05, 0.1) is 0 Å². The molecular weight excluding hydrogens is 314 g/mol. The van der Waals surface area contributed by atoms with Crippen LogP contribution in [0.4, 0.5) is 5.00 Å². The van der Waals surface area contributed by atoms with Crippen molar-refractivity contribution in [2.45, 2.75) is 19.6 Å². The van der Waals surface area contributed by atoms with Gasteiger partial charge in [0.2, 0.25) is 0 Å². The smallest absolute Gasteiger partial charge is 0.329 e. The molecule has 0 bridgehead atoms. The normalized spacial score (nSPS) is 18.0. The van der Waals surface area contributed by atoms with Gasteiger partial charge < -0.3 is 9.47 Å². The average Bonchev–Trinajstić information content (AvgIpc) is 2.95. The topological polar surface area (TPSA) is 65.0 Å². The lowest BCUT2D eigenvalue weighted by atomic mass is 10.1. The van der Waals surface area contributed by atoms with E-state index in [1.165, 1.54) is 31.4 Å². The SMILES string of the molecule is CC1(C)OC(=O)C(C=Nc2cc(-c3ccccc3)cs2)C(=O)O1. The maximum atomic E-state index is 11.9. The summed E-state index contributed by atoms with van der Waals surface area (Å²) in [6.45, 7) is 3.03. The van der Waals surface area contributed by atoms with Crippen LogP contribution in [0.2, 0.25) is 0 Å². The summed E-state index contributed by atoms with van der Waals surface area (Å²) in [4.78, 5) is 27.9. The van der Waals surface area contributed by atoms with Gasteiger partial charge in [-0.15, -0.1) is 11.3 Å². The van der Waals surface area contributed by atoms with Gasteiger partial charge in [-0.1, -0.05) is 30.3 Å². The summed E-state index contributed by atoms with van der Waals surface area (Å²) in [5.74, 6) is -3.63. The minimum absolute atomic E-state index is 0.644. The molecule has 23 heavy (non-hydrogen) atoms. The highest BCUT2D eigenvalue weighted by Gasteiger charge is 2.42. The van der Waals surface area contributed by atoms with Crippen LogP contribution in [0.15, 0.2) is 46.8 Å². The first-order valence-electron chi connectivity index (χ1n) is 7.08. The Labute approximate surface area is 137 Å². The van der Waals surface area contributed by atoms with Crippen LogP contribution < -0.4 is 0 Å². The Morgan fingerprint density at radius 1 is 1.09 bits per heavy atom. The van der Waals surface area contributed by atoms with Gasteiger partial charge in [-0.25, -0.2) is 4.99 Å². The first-order valence-corrected chi connectivity index (χ1v) is 7.96. The number of hydrogen-bond donors (Lipinski definition) is 0. The third-order valence-corrected chi connectivity index (χ3v) is 4.08. The number of esters is 2. The molecule has 1 aromatic carbocycles. The van der Waals surface area contributed by atoms with E-state index in [9.17, 15) is 9.59 Å². The van der Waals surface area contributed by atoms with Crippen molar-refractivity contribution in [3.05, 3.63) is 41.8 Å². The van der Waals surface area contributed by atoms with Gasteiger partial charge >= 0.3 is 11.9 Å². The molecule has 1 fully saturated rings. The van der Waals surface area contributed by atoms with E-state index in [4.69, 9.17) is 9.47 Å². The molecule has 0 spiro atoms. The number of aliphatic imine (C=N–C) groups is 1. The Hall–Kier alpha value is -2.47. The Kier molecular flexibility index (Phi) is 4.00. The van der Waals surface area contributed by atoms with Crippen LogP contribution in [0.3, 0.4) is 0 Å². The zero-order valence-electron chi connectivity index (χ0n) is 12.7. The predicted octanol–water partition coefficient (Wildman–Crippen LogP) is 3.57. The zero-order valence-corrected chi connectivity index (χ0v) is 13.5. The molecule has 1 aromatic heterocycles. The summed E-state index contributed by atoms with van der Waals surface area (Å²) >= 11 is 1.43. The van der Waals surface area contributed by atoms with Gasteiger partial charge in [-0.2, -0.15) is 0 Å². The second kappa shape index (κ2) is 5.96. The quantitative estimate of drug-likeness (QED) is 0.490. The highest BCUT2D eigenvalue weighted by molar-refractivity contribution is 7.14. The van der Waals surface area contributed by atoms with Crippen molar-refractivity contribution in [3.63, 3.8) is 0 Å². The highest BCUT2D eigenvalue weighted by Crippen LogP contribution is 2.31. The third kappa shape index (κ3) is 3.48. The maximum Gasteiger partial charge on any atom is 0.329 e. The van der Waals surface area contributed by atoms with Gasteiger partial charge in [-0.05, 0) is 17.2 Å². The van der Waals surface area contributed by atoms with Gasteiger partial charge in [0.25, 0.3) is 5.79 Å². The van der Waals surface area contributed by atoms with Crippen LogP contribution in [-0.2, 0) is 19.1 Å². The van der Waals surface area contributed by atoms with Crippen molar-refractivity contribution in [1.82, 2.24) is 0 Å². The van der Waals surface area contributed by atoms with Crippen LogP contribution in [0.25, 0.3) is 11.1 Å². The Balaban J connectivity index is 1.75. The lowest BCUT2D eigenvalue weighted by molar-refractivity contribution is -0.235. The number of carbonyl (C=O) groups excluding carboxylic acids is 2. The van der Waals surface area contributed by atoms with E-state index < -0.39 is 23.6 Å². The number of benzene rings is 1. The van der Waals surface area contributed by atoms with Crippen LogP contribution in [-0.4, -0.2) is 23.9 Å². The molecule has 0 amide bonds. The number of rotatable bonds is 3. The number of nitrogens with zero attached hydrogens (tertiary/aromatic N) is 1. The Morgan fingerprint density at radius 2 is 1.74 bits per heavy atom. The second-order valence-electron chi connectivity index (χ2n) is 5.54. The zero-order chi connectivity index (χ0) is 16.4. The Morgan fingerprint density at radius 3 is 2.39 bits per heavy atom. The molecule has 1 aliphatic heterocycles. The maximum absolute atomic E-state index is 11.9. The minimum atomic E-state index is -1.22. The molecule has 6 heteroatoms. The summed E-state index contributed by atoms with van der Waals surface area (Å²) in [5.41, 5.74) is 2.13. The predicted molar refractivity (Wildman–Crippen MR) is 87.7 cm³/mol. The number of carbonyl (C=O) groups is 2. The molecular formula is C17H15NO4S. The molecule has 0 atom stereocenters. The van der Waals surface area contributed by atoms with Crippen molar-refractivity contribution < 1.29 is 19.1 Å². The van der Waals surface area contributed by atoms with Crippen LogP contribution >= 0.6 is 11.3 Å². The molecule has 1 aliphatic rings. The molecule has 2 aromatic rings. The van der Waals surface area contributed by atoms with Gasteiger partial charge in [0.1, 0.15) is 5.00 Å². The fourth-order valence-electron chi connectivity index (χ4n) is 2.17. The lowest BCUT2D eigenvalue weighted by Gasteiger charge is -2.31. The molecule has 118 valence electrons. The molecule has 0 radical (unpaired) electrons. The molecule has 0 aliphatic carbocycles. The molecule has 1 saturated heterocycles. The molecule has 0 saturated carbocycles. The lowest BCUT2D eigenvalue weighted by Crippen LogP contribution is -2.46. The summed E-state index contributed by atoms with van der Waals surface area (Å²) in [5, 5.41) is 2.68. The van der Waals surface area contributed by atoms with E-state index in [0.717, 1.165) is 11.1 Å². The number of cyclic esters (lactones) is 2. The van der Waals surface area contributed by atoms with Crippen molar-refractivity contribution in [3.8, 4) is 11.1 Å². The first-order chi connectivity index (χ1) is 10.9. The van der Waals surface area contributed by atoms with E-state index in [2.05, 4.69) is 4.99 Å². The molecule has 0 unspecified atom stereocenters. The fraction of sp³-hybridized carbons (Fsp3) is 0.235. The highest BCUT2D eigenvalue weighted by atomic mass is 32.1. The monoisotopic (exact) mass is 329 g/mol. The van der Waals surface area contributed by atoms with E-state index in [0.29, 0.717) is 5.00 Å². The van der Waals surface area contributed by atoms with E-state index in [1.807, 2.05) is 41.8 Å². The second-order valence-corrected chi connectivity index (χ2v) is 6.43. The number of ether oxygens (including phenoxy) is 2. The Bertz CT molecular complexity index is 744. The number of thiophene rings is 1. The summed E-state index contributed by atoms with van der Waals surface area (Å²) in [6.07, 6.45) is 1.28. The van der Waals surface area contributed by atoms with Crippen LogP contribution in [0, 0.1) is 5.92 Å². The molecule has 2 heterocycles. The minimum Gasteiger partial charge on any atom is -0.422 e. The summed E-state index contributed by atoms with van der Waals surface area (Å²) in [7, 11) is 0. The van der Waals surface area contributed by atoms with E-state index in [1.54, 1.807) is 0 Å². The summed E-state index contributed by atoms with van der Waals surface area (Å²) < 4.78 is 10.1. The van der Waals surface area contributed by atoms with Crippen LogP contribution in [0.1, 0.15) is 13.8 Å². The van der Waals surface area contributed by atoms with Crippen molar-refractivity contribution in [2.75, 3.05) is 0 Å². The van der Waals surface area contributed by atoms with Crippen molar-refractivity contribution in [1.29, 1.82) is 0 Å². The van der Waals surface area contributed by atoms with E-state index in [-0.39, 0.29) is 0 Å². The average molecular weight is 329 g/mol.